The van der Waals surface area contributed by atoms with Crippen LogP contribution in [0.2, 0.25) is 0 Å². The molecule has 0 aliphatic carbocycles. The Kier molecular flexibility index (Phi) is 5.71. The van der Waals surface area contributed by atoms with Crippen molar-refractivity contribution in [1.82, 2.24) is 14.9 Å². The maximum absolute atomic E-state index is 12.3. The molecule has 0 fully saturated rings. The minimum atomic E-state index is -0.430. The van der Waals surface area contributed by atoms with E-state index in [1.165, 1.54) is 13.4 Å². The van der Waals surface area contributed by atoms with E-state index in [2.05, 4.69) is 28.7 Å². The van der Waals surface area contributed by atoms with E-state index in [9.17, 15) is 9.59 Å². The summed E-state index contributed by atoms with van der Waals surface area (Å²) < 4.78 is 10.3. The van der Waals surface area contributed by atoms with Crippen molar-refractivity contribution in [2.75, 3.05) is 7.11 Å². The average Bonchev–Trinajstić information content (AvgIpc) is 3.14. The number of carbonyl (C=O) groups is 1. The highest BCUT2D eigenvalue weighted by Gasteiger charge is 2.21. The van der Waals surface area contributed by atoms with Gasteiger partial charge in [-0.15, -0.1) is 0 Å². The molecule has 0 spiro atoms. The van der Waals surface area contributed by atoms with Gasteiger partial charge in [0.25, 0.3) is 5.56 Å². The molecule has 3 aromatic rings. The van der Waals surface area contributed by atoms with Crippen LogP contribution in [0, 0.1) is 0 Å². The van der Waals surface area contributed by atoms with Gasteiger partial charge in [0.05, 0.1) is 37.4 Å². The first kappa shape index (κ1) is 18.8. The van der Waals surface area contributed by atoms with Gasteiger partial charge in [0.1, 0.15) is 17.1 Å². The smallest absolute Gasteiger partial charge is 0.341 e. The second kappa shape index (κ2) is 8.18. The van der Waals surface area contributed by atoms with Crippen molar-refractivity contribution in [1.29, 1.82) is 0 Å². The van der Waals surface area contributed by atoms with Crippen LogP contribution in [0.15, 0.2) is 45.8 Å². The lowest BCUT2D eigenvalue weighted by molar-refractivity contribution is 0.0594. The van der Waals surface area contributed by atoms with E-state index in [1.54, 1.807) is 12.1 Å². The van der Waals surface area contributed by atoms with Gasteiger partial charge < -0.3 is 14.1 Å². The van der Waals surface area contributed by atoms with E-state index in [1.807, 2.05) is 18.2 Å². The fraction of sp³-hybridized carbons (Fsp3) is 0.350. The molecule has 1 N–H and O–H groups in total. The number of furan rings is 1. The second-order valence-corrected chi connectivity index (χ2v) is 6.44. The molecule has 7 nitrogen and oxygen atoms in total. The zero-order valence-electron chi connectivity index (χ0n) is 15.7. The largest absolute Gasteiger partial charge is 0.467 e. The summed E-state index contributed by atoms with van der Waals surface area (Å²) in [6.45, 7) is 5.00. The second-order valence-electron chi connectivity index (χ2n) is 6.44. The van der Waals surface area contributed by atoms with Gasteiger partial charge >= 0.3 is 5.97 Å². The van der Waals surface area contributed by atoms with Crippen molar-refractivity contribution in [2.24, 2.45) is 0 Å². The van der Waals surface area contributed by atoms with Gasteiger partial charge in [-0.05, 0) is 31.5 Å². The number of nitrogens with zero attached hydrogens (tertiary/aromatic N) is 2. The molecular formula is C20H23N3O4. The zero-order chi connectivity index (χ0) is 19.4. The van der Waals surface area contributed by atoms with E-state index in [0.717, 1.165) is 6.42 Å². The van der Waals surface area contributed by atoms with Crippen molar-refractivity contribution in [3.8, 4) is 0 Å². The van der Waals surface area contributed by atoms with Crippen LogP contribution in [-0.4, -0.2) is 34.0 Å². The van der Waals surface area contributed by atoms with E-state index in [0.29, 0.717) is 41.1 Å². The van der Waals surface area contributed by atoms with Crippen LogP contribution in [0.4, 0.5) is 0 Å². The molecule has 0 saturated heterocycles. The Balaban J connectivity index is 1.89. The van der Waals surface area contributed by atoms with Crippen LogP contribution >= 0.6 is 0 Å². The first-order valence-electron chi connectivity index (χ1n) is 8.90. The summed E-state index contributed by atoms with van der Waals surface area (Å²) in [6.07, 6.45) is 2.37. The number of carbonyl (C=O) groups excluding carboxylic acids is 1. The summed E-state index contributed by atoms with van der Waals surface area (Å²) >= 11 is 0. The van der Waals surface area contributed by atoms with E-state index >= 15 is 0 Å². The van der Waals surface area contributed by atoms with E-state index < -0.39 is 5.97 Å². The van der Waals surface area contributed by atoms with Crippen LogP contribution in [0.3, 0.4) is 0 Å². The lowest BCUT2D eigenvalue weighted by atomic mass is 10.1. The number of benzene rings is 1. The van der Waals surface area contributed by atoms with Crippen LogP contribution in [0.5, 0.6) is 0 Å². The number of hydrogen-bond donors (Lipinski definition) is 1. The summed E-state index contributed by atoms with van der Waals surface area (Å²) in [4.78, 5) is 33.8. The minimum absolute atomic E-state index is 0.159. The number of para-hydroxylation sites is 1. The highest BCUT2D eigenvalue weighted by atomic mass is 16.5. The number of nitrogens with one attached hydrogen (secondary N) is 1. The molecule has 0 aliphatic heterocycles. The molecule has 1 aromatic carbocycles. The van der Waals surface area contributed by atoms with Gasteiger partial charge in [-0.1, -0.05) is 19.1 Å². The molecule has 1 unspecified atom stereocenters. The Morgan fingerprint density at radius 2 is 2.07 bits per heavy atom. The number of methoxy groups -OCH3 is 1. The van der Waals surface area contributed by atoms with Crippen LogP contribution in [-0.2, 0) is 17.8 Å². The molecular weight excluding hydrogens is 346 g/mol. The minimum Gasteiger partial charge on any atom is -0.467 e. The predicted molar refractivity (Wildman–Crippen MR) is 101 cm³/mol. The highest BCUT2D eigenvalue weighted by Crippen LogP contribution is 2.19. The first-order valence-corrected chi connectivity index (χ1v) is 8.90. The molecule has 7 heteroatoms. The van der Waals surface area contributed by atoms with Gasteiger partial charge in [0, 0.05) is 6.04 Å². The first-order chi connectivity index (χ1) is 13.0. The summed E-state index contributed by atoms with van der Waals surface area (Å²) in [5, 5.41) is 0.565. The number of esters is 1. The maximum atomic E-state index is 12.3. The summed E-state index contributed by atoms with van der Waals surface area (Å²) in [6, 6.07) is 9.04. The van der Waals surface area contributed by atoms with Crippen molar-refractivity contribution < 1.29 is 13.9 Å². The van der Waals surface area contributed by atoms with Gasteiger partial charge in [-0.25, -0.2) is 9.78 Å². The fourth-order valence-corrected chi connectivity index (χ4v) is 2.97. The predicted octanol–water partition coefficient (Wildman–Crippen LogP) is 3.10. The number of hydrogen-bond acceptors (Lipinski definition) is 6. The lowest BCUT2D eigenvalue weighted by Crippen LogP contribution is -2.33. The molecule has 0 aliphatic rings. The molecule has 0 bridgehead atoms. The Morgan fingerprint density at radius 3 is 2.81 bits per heavy atom. The Hall–Kier alpha value is -2.93. The Labute approximate surface area is 157 Å². The van der Waals surface area contributed by atoms with Crippen LogP contribution in [0.1, 0.15) is 42.2 Å². The molecule has 0 saturated carbocycles. The third-order valence-corrected chi connectivity index (χ3v) is 4.73. The molecule has 2 heterocycles. The monoisotopic (exact) mass is 369 g/mol. The Bertz CT molecular complexity index is 992. The zero-order valence-corrected chi connectivity index (χ0v) is 15.7. The summed E-state index contributed by atoms with van der Waals surface area (Å²) in [7, 11) is 1.34. The molecule has 3 rings (SSSR count). The molecule has 0 radical (unpaired) electrons. The third-order valence-electron chi connectivity index (χ3n) is 4.73. The van der Waals surface area contributed by atoms with E-state index in [-0.39, 0.29) is 11.6 Å². The van der Waals surface area contributed by atoms with Crippen LogP contribution in [0.25, 0.3) is 10.9 Å². The summed E-state index contributed by atoms with van der Waals surface area (Å²) in [5.74, 6) is 0.676. The lowest BCUT2D eigenvalue weighted by Gasteiger charge is -2.27. The quantitative estimate of drug-likeness (QED) is 0.644. The molecule has 2 aromatic heterocycles. The number of ether oxygens (including phenoxy) is 1. The third kappa shape index (κ3) is 4.09. The molecule has 142 valence electrons. The van der Waals surface area contributed by atoms with Gasteiger partial charge in [-0.3, -0.25) is 9.69 Å². The van der Waals surface area contributed by atoms with Crippen molar-refractivity contribution in [3.05, 3.63) is 64.1 Å². The molecule has 27 heavy (non-hydrogen) atoms. The number of aromatic amines is 1. The topological polar surface area (TPSA) is 88.4 Å². The number of fused-ring (bicyclic) bond motifs is 1. The standard InChI is InChI=1S/C20H23N3O4/c1-4-13(2)23(11-17-15(9-10-27-17)20(25)26-3)12-18-21-16-8-6-5-7-14(16)19(24)22-18/h5-10,13H,4,11-12H2,1-3H3,(H,21,22,24). The van der Waals surface area contributed by atoms with Gasteiger partial charge in [0.15, 0.2) is 0 Å². The highest BCUT2D eigenvalue weighted by molar-refractivity contribution is 5.90. The van der Waals surface area contributed by atoms with Gasteiger partial charge in [0.2, 0.25) is 0 Å². The van der Waals surface area contributed by atoms with Gasteiger partial charge in [-0.2, -0.15) is 0 Å². The maximum Gasteiger partial charge on any atom is 0.341 e. The van der Waals surface area contributed by atoms with Crippen LogP contribution < -0.4 is 5.56 Å². The number of rotatable bonds is 7. The Morgan fingerprint density at radius 1 is 1.30 bits per heavy atom. The number of aromatic nitrogens is 2. The number of H-pyrrole nitrogens is 1. The normalized spacial score (nSPS) is 12.4. The molecule has 0 amide bonds. The molecule has 1 atom stereocenters. The fourth-order valence-electron chi connectivity index (χ4n) is 2.97. The SMILES string of the molecule is CCC(C)N(Cc1nc2ccccc2c(=O)[nH]1)Cc1occc1C(=O)OC. The van der Waals surface area contributed by atoms with E-state index in [4.69, 9.17) is 9.15 Å². The summed E-state index contributed by atoms with van der Waals surface area (Å²) in [5.41, 5.74) is 0.910. The van der Waals surface area contributed by atoms with Crippen molar-refractivity contribution >= 4 is 16.9 Å². The average molecular weight is 369 g/mol. The van der Waals surface area contributed by atoms with Crippen molar-refractivity contribution in [2.45, 2.75) is 39.4 Å². The van der Waals surface area contributed by atoms with Crippen molar-refractivity contribution in [3.63, 3.8) is 0 Å².